The standard InChI is InChI=1S/C8H10BFO2/c1-6-4-3-5-8(7(6)2)9(11)12-10/h3-5,11H,1-2H3. The van der Waals surface area contributed by atoms with Gasteiger partial charge in [0.2, 0.25) is 0 Å². The first-order chi connectivity index (χ1) is 5.66. The molecule has 0 atom stereocenters. The second-order valence-electron chi connectivity index (χ2n) is 2.73. The van der Waals surface area contributed by atoms with Crippen molar-refractivity contribution in [3.05, 3.63) is 29.3 Å². The number of halogens is 1. The molecule has 1 aromatic rings. The molecule has 0 saturated carbocycles. The minimum atomic E-state index is -1.47. The quantitative estimate of drug-likeness (QED) is 0.664. The lowest BCUT2D eigenvalue weighted by Gasteiger charge is -2.07. The maximum Gasteiger partial charge on any atom is 0.530 e. The fraction of sp³-hybridized carbons (Fsp3) is 0.250. The van der Waals surface area contributed by atoms with E-state index >= 15 is 0 Å². The van der Waals surface area contributed by atoms with Gasteiger partial charge in [0, 0.05) is 0 Å². The van der Waals surface area contributed by atoms with Gasteiger partial charge < -0.3 is 5.02 Å². The van der Waals surface area contributed by atoms with Crippen molar-refractivity contribution in [1.82, 2.24) is 0 Å². The summed E-state index contributed by atoms with van der Waals surface area (Å²) in [6.45, 7) is 3.71. The summed E-state index contributed by atoms with van der Waals surface area (Å²) in [5.74, 6) is 0. The van der Waals surface area contributed by atoms with Gasteiger partial charge in [0.15, 0.2) is 0 Å². The van der Waals surface area contributed by atoms with Crippen molar-refractivity contribution in [1.29, 1.82) is 0 Å². The highest BCUT2D eigenvalue weighted by Crippen LogP contribution is 2.03. The molecule has 0 aliphatic heterocycles. The number of rotatable bonds is 2. The molecule has 4 heteroatoms. The zero-order chi connectivity index (χ0) is 9.14. The van der Waals surface area contributed by atoms with Crippen LogP contribution in [0.3, 0.4) is 0 Å². The predicted octanol–water partition coefficient (Wildman–Crippen LogP) is 0.892. The van der Waals surface area contributed by atoms with Crippen molar-refractivity contribution < 1.29 is 14.4 Å². The lowest BCUT2D eigenvalue weighted by atomic mass is 9.76. The third kappa shape index (κ3) is 1.65. The van der Waals surface area contributed by atoms with Gasteiger partial charge >= 0.3 is 7.12 Å². The fourth-order valence-electron chi connectivity index (χ4n) is 1.09. The molecule has 0 spiro atoms. The number of benzene rings is 1. The van der Waals surface area contributed by atoms with Crippen molar-refractivity contribution >= 4 is 12.6 Å². The van der Waals surface area contributed by atoms with Crippen LogP contribution in [0.25, 0.3) is 0 Å². The molecule has 0 saturated heterocycles. The van der Waals surface area contributed by atoms with Gasteiger partial charge in [0.25, 0.3) is 0 Å². The molecule has 1 N–H and O–H groups in total. The highest BCUT2D eigenvalue weighted by molar-refractivity contribution is 6.60. The summed E-state index contributed by atoms with van der Waals surface area (Å²) >= 11 is 0. The summed E-state index contributed by atoms with van der Waals surface area (Å²) in [5, 5.41) is 9.04. The Balaban J connectivity index is 3.07. The second-order valence-corrected chi connectivity index (χ2v) is 2.73. The summed E-state index contributed by atoms with van der Waals surface area (Å²) < 4.78 is 11.6. The van der Waals surface area contributed by atoms with Gasteiger partial charge in [-0.15, -0.1) is 0 Å². The molecule has 0 fully saturated rings. The molecule has 0 aliphatic rings. The molecule has 1 rings (SSSR count). The predicted molar refractivity (Wildman–Crippen MR) is 45.7 cm³/mol. The van der Waals surface area contributed by atoms with E-state index in [9.17, 15) is 4.53 Å². The molecule has 0 bridgehead atoms. The molecule has 0 aromatic heterocycles. The first-order valence-corrected chi connectivity index (χ1v) is 3.68. The van der Waals surface area contributed by atoms with Crippen LogP contribution < -0.4 is 5.46 Å². The lowest BCUT2D eigenvalue weighted by molar-refractivity contribution is -0.0267. The molecule has 0 radical (unpaired) electrons. The van der Waals surface area contributed by atoms with Crippen LogP contribution in [0.4, 0.5) is 4.53 Å². The minimum Gasteiger partial charge on any atom is -0.421 e. The fourth-order valence-corrected chi connectivity index (χ4v) is 1.09. The van der Waals surface area contributed by atoms with Crippen molar-refractivity contribution in [2.75, 3.05) is 0 Å². The van der Waals surface area contributed by atoms with E-state index < -0.39 is 7.12 Å². The number of hydrogen-bond donors (Lipinski definition) is 1. The summed E-state index contributed by atoms with van der Waals surface area (Å²) in [7, 11) is -1.47. The third-order valence-corrected chi connectivity index (χ3v) is 2.00. The van der Waals surface area contributed by atoms with Gasteiger partial charge in [-0.25, -0.2) is 4.86 Å². The van der Waals surface area contributed by atoms with E-state index in [0.29, 0.717) is 5.46 Å². The number of aryl methyl sites for hydroxylation is 1. The van der Waals surface area contributed by atoms with E-state index in [1.165, 1.54) is 0 Å². The Morgan fingerprint density at radius 3 is 2.67 bits per heavy atom. The normalized spacial score (nSPS) is 10.0. The first-order valence-electron chi connectivity index (χ1n) is 3.68. The Labute approximate surface area is 71.0 Å². The van der Waals surface area contributed by atoms with Crippen LogP contribution in [-0.4, -0.2) is 12.1 Å². The van der Waals surface area contributed by atoms with E-state index in [4.69, 9.17) is 5.02 Å². The van der Waals surface area contributed by atoms with Crippen LogP contribution in [0.2, 0.25) is 0 Å². The van der Waals surface area contributed by atoms with Crippen molar-refractivity contribution in [2.45, 2.75) is 13.8 Å². The summed E-state index contributed by atoms with van der Waals surface area (Å²) in [6.07, 6.45) is 0. The first kappa shape index (κ1) is 9.22. The Morgan fingerprint density at radius 2 is 2.08 bits per heavy atom. The van der Waals surface area contributed by atoms with E-state index in [1.54, 1.807) is 12.1 Å². The van der Waals surface area contributed by atoms with Crippen LogP contribution in [0, 0.1) is 13.8 Å². The maximum atomic E-state index is 11.6. The average molecular weight is 168 g/mol. The largest absolute Gasteiger partial charge is 0.530 e. The van der Waals surface area contributed by atoms with E-state index in [2.05, 4.69) is 4.86 Å². The Bertz CT molecular complexity index is 278. The third-order valence-electron chi connectivity index (χ3n) is 2.00. The lowest BCUT2D eigenvalue weighted by Crippen LogP contribution is -2.33. The Hall–Kier alpha value is -0.865. The second kappa shape index (κ2) is 3.69. The maximum absolute atomic E-state index is 11.6. The molecule has 2 nitrogen and oxygen atoms in total. The van der Waals surface area contributed by atoms with E-state index in [0.717, 1.165) is 11.1 Å². The molecule has 0 amide bonds. The van der Waals surface area contributed by atoms with Crippen LogP contribution in [0.1, 0.15) is 11.1 Å². The van der Waals surface area contributed by atoms with Crippen LogP contribution >= 0.6 is 0 Å². The van der Waals surface area contributed by atoms with Gasteiger partial charge in [-0.3, -0.25) is 0 Å². The zero-order valence-electron chi connectivity index (χ0n) is 7.04. The minimum absolute atomic E-state index is 0.470. The Kier molecular flexibility index (Phi) is 2.84. The smallest absolute Gasteiger partial charge is 0.421 e. The molecule has 12 heavy (non-hydrogen) atoms. The summed E-state index contributed by atoms with van der Waals surface area (Å²) in [6, 6.07) is 5.27. The molecular weight excluding hydrogens is 158 g/mol. The average Bonchev–Trinajstić information content (AvgIpc) is 2.08. The summed E-state index contributed by atoms with van der Waals surface area (Å²) in [4.78, 5) is 3.33. The highest BCUT2D eigenvalue weighted by atomic mass is 19.3. The van der Waals surface area contributed by atoms with Crippen LogP contribution in [-0.2, 0) is 4.86 Å². The van der Waals surface area contributed by atoms with Crippen molar-refractivity contribution in [3.8, 4) is 0 Å². The zero-order valence-corrected chi connectivity index (χ0v) is 7.04. The topological polar surface area (TPSA) is 29.5 Å². The van der Waals surface area contributed by atoms with Gasteiger partial charge in [-0.05, 0) is 30.4 Å². The highest BCUT2D eigenvalue weighted by Gasteiger charge is 2.19. The molecule has 0 unspecified atom stereocenters. The van der Waals surface area contributed by atoms with Crippen molar-refractivity contribution in [3.63, 3.8) is 0 Å². The van der Waals surface area contributed by atoms with Gasteiger partial charge in [-0.2, -0.15) is 0 Å². The van der Waals surface area contributed by atoms with Crippen LogP contribution in [0.15, 0.2) is 18.2 Å². The van der Waals surface area contributed by atoms with Crippen LogP contribution in [0.5, 0.6) is 0 Å². The molecular formula is C8H10BFO2. The molecule has 0 aliphatic carbocycles. The SMILES string of the molecule is Cc1cccc(B(O)OF)c1C. The van der Waals surface area contributed by atoms with E-state index in [-0.39, 0.29) is 0 Å². The molecule has 1 aromatic carbocycles. The molecule has 64 valence electrons. The van der Waals surface area contributed by atoms with Gasteiger partial charge in [-0.1, -0.05) is 22.7 Å². The summed E-state index contributed by atoms with van der Waals surface area (Å²) in [5.41, 5.74) is 2.32. The van der Waals surface area contributed by atoms with Gasteiger partial charge in [0.1, 0.15) is 0 Å². The molecule has 0 heterocycles. The monoisotopic (exact) mass is 168 g/mol. The number of hydrogen-bond acceptors (Lipinski definition) is 2. The van der Waals surface area contributed by atoms with E-state index in [1.807, 2.05) is 19.9 Å². The van der Waals surface area contributed by atoms with Gasteiger partial charge in [0.05, 0.1) is 0 Å². The Morgan fingerprint density at radius 1 is 1.42 bits per heavy atom. The van der Waals surface area contributed by atoms with Crippen molar-refractivity contribution in [2.24, 2.45) is 0 Å².